The lowest BCUT2D eigenvalue weighted by molar-refractivity contribution is -0.131. The summed E-state index contributed by atoms with van der Waals surface area (Å²) in [7, 11) is 0. The van der Waals surface area contributed by atoms with E-state index in [0.717, 1.165) is 10.4 Å². The molecule has 1 aromatic heterocycles. The maximum absolute atomic E-state index is 12.7. The number of halogens is 1. The molecule has 2 heterocycles. The van der Waals surface area contributed by atoms with E-state index in [1.165, 1.54) is 16.2 Å². The van der Waals surface area contributed by atoms with E-state index >= 15 is 0 Å². The van der Waals surface area contributed by atoms with E-state index in [1.807, 2.05) is 36.4 Å². The van der Waals surface area contributed by atoms with Crippen LogP contribution in [0.5, 0.6) is 0 Å². The summed E-state index contributed by atoms with van der Waals surface area (Å²) >= 11 is 7.25. The summed E-state index contributed by atoms with van der Waals surface area (Å²) in [4.78, 5) is 26.9. The van der Waals surface area contributed by atoms with Gasteiger partial charge in [-0.1, -0.05) is 41.9 Å². The first-order valence-electron chi connectivity index (χ1n) is 6.44. The molecule has 21 heavy (non-hydrogen) atoms. The predicted octanol–water partition coefficient (Wildman–Crippen LogP) is 3.37. The van der Waals surface area contributed by atoms with Gasteiger partial charge in [0, 0.05) is 4.88 Å². The maximum Gasteiger partial charge on any atom is 0.325 e. The van der Waals surface area contributed by atoms with Gasteiger partial charge in [0.05, 0.1) is 10.9 Å². The topological polar surface area (TPSA) is 49.4 Å². The number of imide groups is 1. The summed E-state index contributed by atoms with van der Waals surface area (Å²) in [5.41, 5.74) is -0.241. The molecule has 0 saturated carbocycles. The normalized spacial score (nSPS) is 21.7. The van der Waals surface area contributed by atoms with Crippen LogP contribution in [0.25, 0.3) is 0 Å². The van der Waals surface area contributed by atoms with Gasteiger partial charge in [-0.3, -0.25) is 9.69 Å². The third-order valence-corrected chi connectivity index (χ3v) is 4.78. The lowest BCUT2D eigenvalue weighted by Gasteiger charge is -2.22. The van der Waals surface area contributed by atoms with E-state index in [4.69, 9.17) is 11.6 Å². The number of nitrogens with zero attached hydrogens (tertiary/aromatic N) is 1. The SMILES string of the molecule is CC1(c2ccccc2)NC(=O)N(Cc2ccc(Cl)s2)C1=O. The van der Waals surface area contributed by atoms with Gasteiger partial charge in [0.15, 0.2) is 0 Å². The Balaban J connectivity index is 1.88. The zero-order chi connectivity index (χ0) is 15.0. The number of benzene rings is 1. The van der Waals surface area contributed by atoms with Gasteiger partial charge in [-0.05, 0) is 24.6 Å². The van der Waals surface area contributed by atoms with Crippen LogP contribution < -0.4 is 5.32 Å². The Morgan fingerprint density at radius 1 is 1.19 bits per heavy atom. The number of carbonyl (C=O) groups excluding carboxylic acids is 2. The first-order valence-corrected chi connectivity index (χ1v) is 7.64. The molecule has 4 nitrogen and oxygen atoms in total. The molecule has 1 aliphatic heterocycles. The molecule has 1 aromatic carbocycles. The minimum absolute atomic E-state index is 0.241. The largest absolute Gasteiger partial charge is 0.325 e. The van der Waals surface area contributed by atoms with E-state index in [-0.39, 0.29) is 18.5 Å². The minimum atomic E-state index is -1.01. The highest BCUT2D eigenvalue weighted by molar-refractivity contribution is 7.16. The average Bonchev–Trinajstić information content (AvgIpc) is 2.98. The molecule has 1 unspecified atom stereocenters. The van der Waals surface area contributed by atoms with E-state index in [9.17, 15) is 9.59 Å². The van der Waals surface area contributed by atoms with Gasteiger partial charge in [0.1, 0.15) is 5.54 Å². The van der Waals surface area contributed by atoms with Crippen LogP contribution in [0.3, 0.4) is 0 Å². The number of hydrogen-bond acceptors (Lipinski definition) is 3. The number of rotatable bonds is 3. The summed E-state index contributed by atoms with van der Waals surface area (Å²) in [5.74, 6) is -0.247. The van der Waals surface area contributed by atoms with Gasteiger partial charge in [-0.15, -0.1) is 11.3 Å². The minimum Gasteiger partial charge on any atom is -0.319 e. The fraction of sp³-hybridized carbons (Fsp3) is 0.200. The van der Waals surface area contributed by atoms with Gasteiger partial charge in [0.2, 0.25) is 0 Å². The monoisotopic (exact) mass is 320 g/mol. The fourth-order valence-corrected chi connectivity index (χ4v) is 3.48. The molecule has 6 heteroatoms. The van der Waals surface area contributed by atoms with Crippen LogP contribution in [0.2, 0.25) is 4.34 Å². The Morgan fingerprint density at radius 2 is 1.90 bits per heavy atom. The molecule has 0 spiro atoms. The molecular formula is C15H13ClN2O2S. The lowest BCUT2D eigenvalue weighted by Crippen LogP contribution is -2.40. The second kappa shape index (κ2) is 5.16. The Hall–Kier alpha value is -1.85. The third-order valence-electron chi connectivity index (χ3n) is 3.57. The van der Waals surface area contributed by atoms with Crippen molar-refractivity contribution in [3.63, 3.8) is 0 Å². The van der Waals surface area contributed by atoms with Crippen molar-refractivity contribution in [1.82, 2.24) is 10.2 Å². The second-order valence-corrected chi connectivity index (χ2v) is 6.82. The number of nitrogens with one attached hydrogen (secondary N) is 1. The van der Waals surface area contributed by atoms with Crippen molar-refractivity contribution in [3.8, 4) is 0 Å². The molecule has 1 saturated heterocycles. The second-order valence-electron chi connectivity index (χ2n) is 5.02. The molecule has 1 fully saturated rings. The summed E-state index contributed by atoms with van der Waals surface area (Å²) in [6.07, 6.45) is 0. The number of hydrogen-bond donors (Lipinski definition) is 1. The Labute approximate surface area is 131 Å². The molecule has 1 aliphatic rings. The fourth-order valence-electron chi connectivity index (χ4n) is 2.40. The van der Waals surface area contributed by atoms with Crippen LogP contribution in [-0.4, -0.2) is 16.8 Å². The highest BCUT2D eigenvalue weighted by atomic mass is 35.5. The van der Waals surface area contributed by atoms with Crippen molar-refractivity contribution in [1.29, 1.82) is 0 Å². The van der Waals surface area contributed by atoms with Crippen LogP contribution in [-0.2, 0) is 16.9 Å². The van der Waals surface area contributed by atoms with Crippen LogP contribution in [0.4, 0.5) is 4.79 Å². The zero-order valence-corrected chi connectivity index (χ0v) is 12.9. The maximum atomic E-state index is 12.7. The molecular weight excluding hydrogens is 308 g/mol. The van der Waals surface area contributed by atoms with Crippen molar-refractivity contribution < 1.29 is 9.59 Å². The first kappa shape index (κ1) is 14.1. The predicted molar refractivity (Wildman–Crippen MR) is 82.2 cm³/mol. The number of carbonyl (C=O) groups is 2. The van der Waals surface area contributed by atoms with Gasteiger partial charge < -0.3 is 5.32 Å². The standard InChI is InChI=1S/C15H13ClN2O2S/c1-15(10-5-3-2-4-6-10)13(19)18(14(20)17-15)9-11-7-8-12(16)21-11/h2-8H,9H2,1H3,(H,17,20). The molecule has 108 valence electrons. The van der Waals surface area contributed by atoms with Crippen molar-refractivity contribution in [2.45, 2.75) is 19.0 Å². The summed E-state index contributed by atoms with van der Waals surface area (Å²) in [5, 5.41) is 2.78. The highest BCUT2D eigenvalue weighted by Crippen LogP contribution is 2.31. The van der Waals surface area contributed by atoms with E-state index in [0.29, 0.717) is 4.34 Å². The van der Waals surface area contributed by atoms with Crippen LogP contribution in [0, 0.1) is 0 Å². The average molecular weight is 321 g/mol. The smallest absolute Gasteiger partial charge is 0.319 e. The van der Waals surface area contributed by atoms with Crippen LogP contribution in [0.15, 0.2) is 42.5 Å². The molecule has 0 bridgehead atoms. The van der Waals surface area contributed by atoms with E-state index < -0.39 is 5.54 Å². The quantitative estimate of drug-likeness (QED) is 0.881. The van der Waals surface area contributed by atoms with Gasteiger partial charge in [0.25, 0.3) is 5.91 Å². The molecule has 1 atom stereocenters. The number of urea groups is 1. The lowest BCUT2D eigenvalue weighted by atomic mass is 9.92. The molecule has 0 aliphatic carbocycles. The van der Waals surface area contributed by atoms with Gasteiger partial charge >= 0.3 is 6.03 Å². The molecule has 2 aromatic rings. The molecule has 3 rings (SSSR count). The molecule has 0 radical (unpaired) electrons. The van der Waals surface area contributed by atoms with Crippen LogP contribution >= 0.6 is 22.9 Å². The Bertz CT molecular complexity index is 701. The molecule has 3 amide bonds. The van der Waals surface area contributed by atoms with Crippen LogP contribution in [0.1, 0.15) is 17.4 Å². The Morgan fingerprint density at radius 3 is 2.52 bits per heavy atom. The van der Waals surface area contributed by atoms with Crippen molar-refractivity contribution in [2.24, 2.45) is 0 Å². The van der Waals surface area contributed by atoms with E-state index in [1.54, 1.807) is 13.0 Å². The van der Waals surface area contributed by atoms with Crippen molar-refractivity contribution >= 4 is 34.9 Å². The number of thiophene rings is 1. The third kappa shape index (κ3) is 2.43. The summed E-state index contributed by atoms with van der Waals surface area (Å²) < 4.78 is 0.642. The van der Waals surface area contributed by atoms with Crippen molar-refractivity contribution in [3.05, 3.63) is 57.2 Å². The van der Waals surface area contributed by atoms with E-state index in [2.05, 4.69) is 5.32 Å². The Kier molecular flexibility index (Phi) is 3.47. The molecule has 1 N–H and O–H groups in total. The summed E-state index contributed by atoms with van der Waals surface area (Å²) in [6, 6.07) is 12.5. The zero-order valence-electron chi connectivity index (χ0n) is 11.3. The highest BCUT2D eigenvalue weighted by Gasteiger charge is 2.48. The number of amides is 3. The van der Waals surface area contributed by atoms with Crippen molar-refractivity contribution in [2.75, 3.05) is 0 Å². The van der Waals surface area contributed by atoms with Gasteiger partial charge in [-0.2, -0.15) is 0 Å². The van der Waals surface area contributed by atoms with Gasteiger partial charge in [-0.25, -0.2) is 4.79 Å². The summed E-state index contributed by atoms with van der Waals surface area (Å²) in [6.45, 7) is 1.97. The first-order chi connectivity index (χ1) is 10.0.